The van der Waals surface area contributed by atoms with Crippen molar-refractivity contribution < 1.29 is 13.6 Å². The zero-order valence-corrected chi connectivity index (χ0v) is 14.9. The van der Waals surface area contributed by atoms with Crippen LogP contribution >= 0.6 is 12.4 Å². The van der Waals surface area contributed by atoms with Crippen LogP contribution in [0.4, 0.5) is 8.78 Å². The molecule has 0 aromatic heterocycles. The number of halogens is 3. The Labute approximate surface area is 153 Å². The SMILES string of the molecule is Cl.O=C(C1CC1c1ccc(F)cc1F)N1CCC(N2CCNCC2)C1. The van der Waals surface area contributed by atoms with Crippen LogP contribution < -0.4 is 5.32 Å². The number of hydrogen-bond donors (Lipinski definition) is 1. The van der Waals surface area contributed by atoms with Crippen LogP contribution in [0.2, 0.25) is 0 Å². The lowest BCUT2D eigenvalue weighted by atomic mass is 10.1. The minimum Gasteiger partial charge on any atom is -0.341 e. The molecular weight excluding hydrogens is 348 g/mol. The lowest BCUT2D eigenvalue weighted by Gasteiger charge is -2.32. The fourth-order valence-electron chi connectivity index (χ4n) is 4.14. The van der Waals surface area contributed by atoms with E-state index in [-0.39, 0.29) is 30.2 Å². The number of benzene rings is 1. The highest BCUT2D eigenvalue weighted by Crippen LogP contribution is 2.49. The molecule has 0 radical (unpaired) electrons. The molecule has 3 aliphatic rings. The van der Waals surface area contributed by atoms with Gasteiger partial charge in [-0.1, -0.05) is 6.07 Å². The van der Waals surface area contributed by atoms with Gasteiger partial charge in [-0.05, 0) is 30.4 Å². The molecule has 7 heteroatoms. The van der Waals surface area contributed by atoms with Gasteiger partial charge in [-0.3, -0.25) is 9.69 Å². The van der Waals surface area contributed by atoms with Crippen LogP contribution in [0, 0.1) is 17.6 Å². The molecule has 1 aromatic rings. The summed E-state index contributed by atoms with van der Waals surface area (Å²) in [5, 5.41) is 3.35. The van der Waals surface area contributed by atoms with Gasteiger partial charge in [-0.15, -0.1) is 12.4 Å². The van der Waals surface area contributed by atoms with Gasteiger partial charge < -0.3 is 10.2 Å². The molecule has 0 bridgehead atoms. The van der Waals surface area contributed by atoms with Crippen molar-refractivity contribution in [2.45, 2.75) is 24.8 Å². The van der Waals surface area contributed by atoms with Crippen molar-refractivity contribution >= 4 is 18.3 Å². The number of piperazine rings is 1. The third-order valence-corrected chi connectivity index (χ3v) is 5.61. The van der Waals surface area contributed by atoms with Gasteiger partial charge in [0, 0.05) is 57.3 Å². The molecule has 1 amide bonds. The molecule has 4 nitrogen and oxygen atoms in total. The molecule has 1 aliphatic carbocycles. The van der Waals surface area contributed by atoms with Crippen molar-refractivity contribution in [1.29, 1.82) is 0 Å². The Kier molecular flexibility index (Phi) is 5.61. The number of carbonyl (C=O) groups is 1. The van der Waals surface area contributed by atoms with Crippen molar-refractivity contribution in [3.05, 3.63) is 35.4 Å². The van der Waals surface area contributed by atoms with E-state index >= 15 is 0 Å². The van der Waals surface area contributed by atoms with Gasteiger partial charge in [0.25, 0.3) is 0 Å². The summed E-state index contributed by atoms with van der Waals surface area (Å²) in [6.07, 6.45) is 1.70. The van der Waals surface area contributed by atoms with Gasteiger partial charge in [0.05, 0.1) is 0 Å². The third-order valence-electron chi connectivity index (χ3n) is 5.61. The second kappa shape index (κ2) is 7.56. The van der Waals surface area contributed by atoms with E-state index in [1.807, 2.05) is 4.90 Å². The van der Waals surface area contributed by atoms with Gasteiger partial charge in [-0.25, -0.2) is 8.78 Å². The van der Waals surface area contributed by atoms with Crippen molar-refractivity contribution in [1.82, 2.24) is 15.1 Å². The Morgan fingerprint density at radius 3 is 2.64 bits per heavy atom. The maximum Gasteiger partial charge on any atom is 0.226 e. The maximum atomic E-state index is 13.9. The monoisotopic (exact) mass is 371 g/mol. The predicted octanol–water partition coefficient (Wildman–Crippen LogP) is 2.00. The van der Waals surface area contributed by atoms with Gasteiger partial charge in [0.15, 0.2) is 0 Å². The number of carbonyl (C=O) groups excluding carboxylic acids is 1. The van der Waals surface area contributed by atoms with Crippen LogP contribution in [0.5, 0.6) is 0 Å². The number of likely N-dealkylation sites (tertiary alicyclic amines) is 1. The average Bonchev–Trinajstić information content (AvgIpc) is 3.21. The smallest absolute Gasteiger partial charge is 0.226 e. The predicted molar refractivity (Wildman–Crippen MR) is 93.9 cm³/mol. The van der Waals surface area contributed by atoms with E-state index < -0.39 is 11.6 Å². The summed E-state index contributed by atoms with van der Waals surface area (Å²) in [6.45, 7) is 5.69. The van der Waals surface area contributed by atoms with Crippen LogP contribution in [-0.2, 0) is 4.79 Å². The maximum absolute atomic E-state index is 13.9. The summed E-state index contributed by atoms with van der Waals surface area (Å²) in [5.74, 6) is -1.18. The van der Waals surface area contributed by atoms with Gasteiger partial charge in [-0.2, -0.15) is 0 Å². The normalized spacial score (nSPS) is 29.4. The molecule has 2 heterocycles. The van der Waals surface area contributed by atoms with Gasteiger partial charge in [0.2, 0.25) is 5.91 Å². The zero-order chi connectivity index (χ0) is 16.7. The Hall–Kier alpha value is -1.24. The molecule has 3 atom stereocenters. The van der Waals surface area contributed by atoms with Crippen LogP contribution in [0.15, 0.2) is 18.2 Å². The van der Waals surface area contributed by atoms with E-state index in [1.165, 1.54) is 12.1 Å². The van der Waals surface area contributed by atoms with Crippen molar-refractivity contribution in [2.75, 3.05) is 39.3 Å². The molecule has 1 aromatic carbocycles. The van der Waals surface area contributed by atoms with Gasteiger partial charge in [0.1, 0.15) is 11.6 Å². The summed E-state index contributed by atoms with van der Waals surface area (Å²) < 4.78 is 26.9. The third kappa shape index (κ3) is 3.81. The first-order chi connectivity index (χ1) is 11.6. The molecule has 2 aliphatic heterocycles. The molecule has 3 fully saturated rings. The van der Waals surface area contributed by atoms with E-state index in [2.05, 4.69) is 10.2 Å². The van der Waals surface area contributed by atoms with Gasteiger partial charge >= 0.3 is 0 Å². The highest BCUT2D eigenvalue weighted by Gasteiger charge is 2.48. The summed E-state index contributed by atoms with van der Waals surface area (Å²) in [7, 11) is 0. The van der Waals surface area contributed by atoms with E-state index in [1.54, 1.807) is 0 Å². The van der Waals surface area contributed by atoms with E-state index in [0.717, 1.165) is 51.8 Å². The van der Waals surface area contributed by atoms with Crippen LogP contribution in [0.1, 0.15) is 24.3 Å². The lowest BCUT2D eigenvalue weighted by Crippen LogP contribution is -2.49. The largest absolute Gasteiger partial charge is 0.341 e. The number of amides is 1. The molecule has 3 unspecified atom stereocenters. The first-order valence-electron chi connectivity index (χ1n) is 8.82. The Morgan fingerprint density at radius 2 is 1.92 bits per heavy atom. The highest BCUT2D eigenvalue weighted by atomic mass is 35.5. The van der Waals surface area contributed by atoms with E-state index in [9.17, 15) is 13.6 Å². The zero-order valence-electron chi connectivity index (χ0n) is 14.1. The van der Waals surface area contributed by atoms with E-state index in [0.29, 0.717) is 18.0 Å². The summed E-state index contributed by atoms with van der Waals surface area (Å²) >= 11 is 0. The topological polar surface area (TPSA) is 35.6 Å². The first-order valence-corrected chi connectivity index (χ1v) is 8.82. The van der Waals surface area contributed by atoms with Crippen LogP contribution in [0.3, 0.4) is 0 Å². The minimum absolute atomic E-state index is 0. The highest BCUT2D eigenvalue weighted by molar-refractivity contribution is 5.85. The lowest BCUT2D eigenvalue weighted by molar-refractivity contribution is -0.131. The fourth-order valence-corrected chi connectivity index (χ4v) is 4.14. The van der Waals surface area contributed by atoms with Crippen molar-refractivity contribution in [2.24, 2.45) is 5.92 Å². The second-order valence-electron chi connectivity index (χ2n) is 7.13. The molecule has 138 valence electrons. The molecule has 2 saturated heterocycles. The van der Waals surface area contributed by atoms with Crippen molar-refractivity contribution in [3.8, 4) is 0 Å². The Morgan fingerprint density at radius 1 is 1.16 bits per heavy atom. The van der Waals surface area contributed by atoms with E-state index in [4.69, 9.17) is 0 Å². The molecule has 1 N–H and O–H groups in total. The number of rotatable bonds is 3. The second-order valence-corrected chi connectivity index (χ2v) is 7.13. The minimum atomic E-state index is -0.571. The molecule has 25 heavy (non-hydrogen) atoms. The summed E-state index contributed by atoms with van der Waals surface area (Å²) in [6, 6.07) is 4.12. The molecule has 1 saturated carbocycles. The quantitative estimate of drug-likeness (QED) is 0.882. The number of nitrogens with zero attached hydrogens (tertiary/aromatic N) is 2. The number of hydrogen-bond acceptors (Lipinski definition) is 3. The standard InChI is InChI=1S/C18H23F2N3O.ClH/c19-12-1-2-14(17(20)9-12)15-10-16(15)18(24)23-6-3-13(11-23)22-7-4-21-5-8-22;/h1-2,9,13,15-16,21H,3-8,10-11H2;1H. The molecular formula is C18H24ClF2N3O. The van der Waals surface area contributed by atoms with Crippen LogP contribution in [-0.4, -0.2) is 61.0 Å². The first kappa shape index (κ1) is 18.5. The summed E-state index contributed by atoms with van der Waals surface area (Å²) in [5.41, 5.74) is 0.479. The molecule has 4 rings (SSSR count). The van der Waals surface area contributed by atoms with Crippen LogP contribution in [0.25, 0.3) is 0 Å². The Balaban J connectivity index is 0.00000182. The average molecular weight is 372 g/mol. The molecule has 0 spiro atoms. The summed E-state index contributed by atoms with van der Waals surface area (Å²) in [4.78, 5) is 17.1. The fraction of sp³-hybridized carbons (Fsp3) is 0.611. The van der Waals surface area contributed by atoms with Crippen molar-refractivity contribution in [3.63, 3.8) is 0 Å². The number of nitrogens with one attached hydrogen (secondary N) is 1. The Bertz CT molecular complexity index is 639.